The molecule has 1 saturated heterocycles. The van der Waals surface area contributed by atoms with Crippen molar-refractivity contribution in [3.05, 3.63) is 46.8 Å². The van der Waals surface area contributed by atoms with Gasteiger partial charge in [0.2, 0.25) is 0 Å². The largest absolute Gasteiger partial charge is 0.481 e. The second kappa shape index (κ2) is 6.59. The highest BCUT2D eigenvalue weighted by atomic mass is 16.4. The van der Waals surface area contributed by atoms with Crippen LogP contribution in [0, 0.1) is 6.92 Å². The van der Waals surface area contributed by atoms with Crippen LogP contribution in [0.1, 0.15) is 53.0 Å². The Bertz CT molecular complexity index is 871. The number of likely N-dealkylation sites (tertiary alicyclic amines) is 1. The molecule has 0 saturated carbocycles. The second-order valence-corrected chi connectivity index (χ2v) is 7.22. The molecular formula is C20H23N3O3. The number of fused-ring (bicyclic) bond motifs is 1. The molecule has 4 rings (SSSR count). The van der Waals surface area contributed by atoms with E-state index < -0.39 is 5.97 Å². The topological polar surface area (TPSA) is 75.4 Å². The van der Waals surface area contributed by atoms with Crippen molar-refractivity contribution in [2.24, 2.45) is 0 Å². The molecule has 1 aliphatic heterocycles. The van der Waals surface area contributed by atoms with Crippen LogP contribution in [0.15, 0.2) is 24.3 Å². The zero-order valence-electron chi connectivity index (χ0n) is 14.9. The van der Waals surface area contributed by atoms with E-state index in [2.05, 4.69) is 0 Å². The summed E-state index contributed by atoms with van der Waals surface area (Å²) in [4.78, 5) is 26.0. The maximum atomic E-state index is 13.2. The van der Waals surface area contributed by atoms with Crippen LogP contribution >= 0.6 is 0 Å². The van der Waals surface area contributed by atoms with Gasteiger partial charge < -0.3 is 10.0 Å². The van der Waals surface area contributed by atoms with Crippen LogP contribution in [0.4, 0.5) is 0 Å². The van der Waals surface area contributed by atoms with Gasteiger partial charge in [-0.2, -0.15) is 5.10 Å². The molecule has 1 atom stereocenters. The zero-order chi connectivity index (χ0) is 18.3. The quantitative estimate of drug-likeness (QED) is 0.917. The number of carbonyl (C=O) groups excluding carboxylic acids is 1. The summed E-state index contributed by atoms with van der Waals surface area (Å²) in [5.74, 6) is -0.968. The molecule has 1 aliphatic carbocycles. The Morgan fingerprint density at radius 3 is 2.81 bits per heavy atom. The van der Waals surface area contributed by atoms with Crippen molar-refractivity contribution in [2.45, 2.75) is 51.5 Å². The lowest BCUT2D eigenvalue weighted by atomic mass is 10.1. The molecule has 1 unspecified atom stereocenters. The zero-order valence-corrected chi connectivity index (χ0v) is 14.9. The molecule has 1 aromatic heterocycles. The maximum Gasteiger partial charge on any atom is 0.305 e. The highest BCUT2D eigenvalue weighted by molar-refractivity contribution is 5.95. The van der Waals surface area contributed by atoms with Gasteiger partial charge in [0.15, 0.2) is 5.69 Å². The average molecular weight is 353 g/mol. The molecule has 136 valence electrons. The van der Waals surface area contributed by atoms with E-state index in [1.165, 1.54) is 0 Å². The Morgan fingerprint density at radius 2 is 2.04 bits per heavy atom. The van der Waals surface area contributed by atoms with Crippen molar-refractivity contribution in [2.75, 3.05) is 6.54 Å². The lowest BCUT2D eigenvalue weighted by molar-refractivity contribution is -0.137. The lowest BCUT2D eigenvalue weighted by Crippen LogP contribution is -2.37. The normalized spacial score (nSPS) is 19.0. The van der Waals surface area contributed by atoms with Crippen molar-refractivity contribution in [1.29, 1.82) is 0 Å². The summed E-state index contributed by atoms with van der Waals surface area (Å²) in [6.45, 7) is 2.66. The van der Waals surface area contributed by atoms with Crippen LogP contribution in [0.25, 0.3) is 5.69 Å². The number of benzene rings is 1. The van der Waals surface area contributed by atoms with E-state index in [9.17, 15) is 9.59 Å². The Hall–Kier alpha value is -2.63. The highest BCUT2D eigenvalue weighted by Gasteiger charge is 2.35. The number of rotatable bonds is 4. The number of aromatic nitrogens is 2. The molecule has 1 amide bonds. The number of hydrogen-bond donors (Lipinski definition) is 1. The fourth-order valence-corrected chi connectivity index (χ4v) is 4.26. The summed E-state index contributed by atoms with van der Waals surface area (Å²) >= 11 is 0. The van der Waals surface area contributed by atoms with Crippen molar-refractivity contribution < 1.29 is 14.7 Å². The molecule has 2 aromatic rings. The summed E-state index contributed by atoms with van der Waals surface area (Å²) in [5, 5.41) is 13.8. The average Bonchev–Trinajstić information content (AvgIpc) is 3.30. The minimum Gasteiger partial charge on any atom is -0.481 e. The molecular weight excluding hydrogens is 330 g/mol. The SMILES string of the molecule is Cc1ccccc1-n1nc(C(=O)N2CCCC2CC(=O)O)c2c1CCC2. The third kappa shape index (κ3) is 2.79. The second-order valence-electron chi connectivity index (χ2n) is 7.22. The number of nitrogens with zero attached hydrogens (tertiary/aromatic N) is 3. The standard InChI is InChI=1S/C20H23N3O3/c1-13-6-2-3-9-16(13)23-17-10-4-8-15(17)19(21-23)20(26)22-11-5-7-14(22)12-18(24)25/h2-3,6,9,14H,4-5,7-8,10-12H2,1H3,(H,24,25). The smallest absolute Gasteiger partial charge is 0.305 e. The predicted octanol–water partition coefficient (Wildman–Crippen LogP) is 2.75. The predicted molar refractivity (Wildman–Crippen MR) is 96.6 cm³/mol. The Morgan fingerprint density at radius 1 is 1.23 bits per heavy atom. The van der Waals surface area contributed by atoms with Crippen LogP contribution in [0.3, 0.4) is 0 Å². The minimum atomic E-state index is -0.856. The van der Waals surface area contributed by atoms with Crippen LogP contribution in [0.5, 0.6) is 0 Å². The highest BCUT2D eigenvalue weighted by Crippen LogP contribution is 2.31. The first-order valence-corrected chi connectivity index (χ1v) is 9.26. The number of carboxylic acid groups (broad SMARTS) is 1. The summed E-state index contributed by atoms with van der Waals surface area (Å²) in [6, 6.07) is 7.83. The summed E-state index contributed by atoms with van der Waals surface area (Å²) in [5.41, 5.74) is 4.80. The van der Waals surface area contributed by atoms with Gasteiger partial charge in [-0.3, -0.25) is 9.59 Å². The lowest BCUT2D eigenvalue weighted by Gasteiger charge is -2.23. The monoisotopic (exact) mass is 353 g/mol. The van der Waals surface area contributed by atoms with E-state index in [-0.39, 0.29) is 18.4 Å². The number of carboxylic acids is 1. The van der Waals surface area contributed by atoms with Gasteiger partial charge in [-0.15, -0.1) is 0 Å². The van der Waals surface area contributed by atoms with Crippen molar-refractivity contribution in [1.82, 2.24) is 14.7 Å². The molecule has 2 heterocycles. The molecule has 1 aromatic carbocycles. The van der Waals surface area contributed by atoms with Crippen molar-refractivity contribution >= 4 is 11.9 Å². The molecule has 0 bridgehead atoms. The molecule has 26 heavy (non-hydrogen) atoms. The van der Waals surface area contributed by atoms with Gasteiger partial charge in [0, 0.05) is 23.8 Å². The Labute approximate surface area is 152 Å². The van der Waals surface area contributed by atoms with Gasteiger partial charge in [-0.05, 0) is 50.7 Å². The minimum absolute atomic E-state index is 0.00638. The molecule has 0 spiro atoms. The summed E-state index contributed by atoms with van der Waals surface area (Å²) < 4.78 is 1.92. The van der Waals surface area contributed by atoms with E-state index >= 15 is 0 Å². The summed E-state index contributed by atoms with van der Waals surface area (Å²) in [6.07, 6.45) is 4.41. The van der Waals surface area contributed by atoms with Gasteiger partial charge in [0.1, 0.15) is 0 Å². The van der Waals surface area contributed by atoms with E-state index in [0.717, 1.165) is 54.6 Å². The molecule has 2 aliphatic rings. The summed E-state index contributed by atoms with van der Waals surface area (Å²) in [7, 11) is 0. The number of hydrogen-bond acceptors (Lipinski definition) is 3. The first-order chi connectivity index (χ1) is 12.6. The van der Waals surface area contributed by atoms with E-state index in [0.29, 0.717) is 12.2 Å². The fraction of sp³-hybridized carbons (Fsp3) is 0.450. The van der Waals surface area contributed by atoms with Gasteiger partial charge in [0.25, 0.3) is 5.91 Å². The van der Waals surface area contributed by atoms with Gasteiger partial charge in [-0.25, -0.2) is 4.68 Å². The van der Waals surface area contributed by atoms with Gasteiger partial charge >= 0.3 is 5.97 Å². The number of aliphatic carboxylic acids is 1. The molecule has 1 fully saturated rings. The van der Waals surface area contributed by atoms with Crippen LogP contribution in [-0.2, 0) is 17.6 Å². The molecule has 6 nitrogen and oxygen atoms in total. The fourth-order valence-electron chi connectivity index (χ4n) is 4.26. The van der Waals surface area contributed by atoms with Crippen LogP contribution in [-0.4, -0.2) is 44.3 Å². The number of aryl methyl sites for hydroxylation is 1. The number of amides is 1. The van der Waals surface area contributed by atoms with E-state index in [4.69, 9.17) is 10.2 Å². The number of carbonyl (C=O) groups is 2. The molecule has 6 heteroatoms. The molecule has 0 radical (unpaired) electrons. The van der Waals surface area contributed by atoms with E-state index in [1.54, 1.807) is 4.90 Å². The van der Waals surface area contributed by atoms with Crippen LogP contribution in [0.2, 0.25) is 0 Å². The van der Waals surface area contributed by atoms with Crippen molar-refractivity contribution in [3.63, 3.8) is 0 Å². The Balaban J connectivity index is 1.72. The van der Waals surface area contributed by atoms with E-state index in [1.807, 2.05) is 35.9 Å². The van der Waals surface area contributed by atoms with Crippen molar-refractivity contribution in [3.8, 4) is 5.69 Å². The third-order valence-corrected chi connectivity index (χ3v) is 5.52. The van der Waals surface area contributed by atoms with Crippen LogP contribution < -0.4 is 0 Å². The maximum absolute atomic E-state index is 13.2. The molecule has 1 N–H and O–H groups in total. The number of para-hydroxylation sites is 1. The first-order valence-electron chi connectivity index (χ1n) is 9.26. The Kier molecular flexibility index (Phi) is 4.26. The third-order valence-electron chi connectivity index (χ3n) is 5.52. The van der Waals surface area contributed by atoms with Gasteiger partial charge in [-0.1, -0.05) is 18.2 Å². The van der Waals surface area contributed by atoms with Gasteiger partial charge in [0.05, 0.1) is 12.1 Å². The first kappa shape index (κ1) is 16.8.